The highest BCUT2D eigenvalue weighted by molar-refractivity contribution is 4.95. The zero-order chi connectivity index (χ0) is 15.6. The normalized spacial score (nSPS) is 42.4. The fourth-order valence-corrected chi connectivity index (χ4v) is 3.96. The molecule has 1 aliphatic heterocycles. The van der Waals surface area contributed by atoms with Crippen LogP contribution in [0.1, 0.15) is 39.5 Å². The first-order valence-corrected chi connectivity index (χ1v) is 8.33. The van der Waals surface area contributed by atoms with Crippen molar-refractivity contribution in [3.63, 3.8) is 0 Å². The summed E-state index contributed by atoms with van der Waals surface area (Å²) < 4.78 is 0. The monoisotopic (exact) mass is 301 g/mol. The van der Waals surface area contributed by atoms with Crippen molar-refractivity contribution in [1.82, 2.24) is 4.90 Å². The van der Waals surface area contributed by atoms with Gasteiger partial charge in [-0.1, -0.05) is 13.8 Å². The van der Waals surface area contributed by atoms with E-state index in [2.05, 4.69) is 13.8 Å². The van der Waals surface area contributed by atoms with Crippen LogP contribution in [-0.2, 0) is 0 Å². The lowest BCUT2D eigenvalue weighted by molar-refractivity contribution is -0.148. The van der Waals surface area contributed by atoms with Crippen molar-refractivity contribution in [1.29, 1.82) is 0 Å². The summed E-state index contributed by atoms with van der Waals surface area (Å²) in [6.07, 6.45) is 1.66. The second-order valence-corrected chi connectivity index (χ2v) is 7.28. The molecule has 0 aromatic heterocycles. The van der Waals surface area contributed by atoms with Crippen LogP contribution < -0.4 is 0 Å². The van der Waals surface area contributed by atoms with Crippen molar-refractivity contribution in [2.45, 2.75) is 63.9 Å². The lowest BCUT2D eigenvalue weighted by Crippen LogP contribution is -2.63. The molecule has 0 unspecified atom stereocenters. The van der Waals surface area contributed by atoms with Crippen LogP contribution in [0.4, 0.5) is 0 Å². The third-order valence-electron chi connectivity index (χ3n) is 5.54. The molecule has 21 heavy (non-hydrogen) atoms. The summed E-state index contributed by atoms with van der Waals surface area (Å²) in [6.45, 7) is 5.49. The highest BCUT2D eigenvalue weighted by Crippen LogP contribution is 2.34. The molecule has 2 rings (SSSR count). The molecule has 0 bridgehead atoms. The van der Waals surface area contributed by atoms with E-state index in [-0.39, 0.29) is 6.61 Å². The second-order valence-electron chi connectivity index (χ2n) is 7.28. The zero-order valence-corrected chi connectivity index (χ0v) is 13.2. The summed E-state index contributed by atoms with van der Waals surface area (Å²) in [4.78, 5) is 1.96. The number of aliphatic hydroxyl groups excluding tert-OH is 4. The summed E-state index contributed by atoms with van der Waals surface area (Å²) in [5.74, 6) is 2.11. The molecule has 0 spiro atoms. The highest BCUT2D eigenvalue weighted by atomic mass is 16.4. The van der Waals surface area contributed by atoms with Gasteiger partial charge in [0.05, 0.1) is 18.8 Å². The van der Waals surface area contributed by atoms with Crippen molar-refractivity contribution < 1.29 is 20.4 Å². The zero-order valence-electron chi connectivity index (χ0n) is 13.2. The topological polar surface area (TPSA) is 84.2 Å². The summed E-state index contributed by atoms with van der Waals surface area (Å²) in [6, 6.07) is -0.466. The van der Waals surface area contributed by atoms with Gasteiger partial charge in [-0.25, -0.2) is 0 Å². The predicted octanol–water partition coefficient (Wildman–Crippen LogP) is 0.208. The molecule has 0 aromatic rings. The molecule has 2 fully saturated rings. The first-order chi connectivity index (χ1) is 9.93. The number of β-amino-alcohol motifs (C(OH)–C–C–N with tert-alkyl or cyclic N) is 1. The molecule has 1 saturated carbocycles. The van der Waals surface area contributed by atoms with Gasteiger partial charge in [0.15, 0.2) is 0 Å². The highest BCUT2D eigenvalue weighted by Gasteiger charge is 2.41. The molecule has 0 amide bonds. The quantitative estimate of drug-likeness (QED) is 0.596. The maximum Gasteiger partial charge on any atom is 0.109 e. The summed E-state index contributed by atoms with van der Waals surface area (Å²) in [7, 11) is 0. The largest absolute Gasteiger partial charge is 0.395 e. The van der Waals surface area contributed by atoms with E-state index in [1.54, 1.807) is 0 Å². The molecule has 0 aromatic carbocycles. The molecule has 0 radical (unpaired) electrons. The van der Waals surface area contributed by atoms with Gasteiger partial charge >= 0.3 is 0 Å². The number of piperidine rings is 1. The molecule has 4 N–H and O–H groups in total. The van der Waals surface area contributed by atoms with E-state index in [0.717, 1.165) is 18.4 Å². The Labute approximate surface area is 127 Å². The van der Waals surface area contributed by atoms with Gasteiger partial charge in [0, 0.05) is 13.1 Å². The van der Waals surface area contributed by atoms with Crippen LogP contribution in [0.2, 0.25) is 0 Å². The minimum absolute atomic E-state index is 0.188. The van der Waals surface area contributed by atoms with Gasteiger partial charge in [-0.3, -0.25) is 4.90 Å². The average molecular weight is 301 g/mol. The van der Waals surface area contributed by atoms with Gasteiger partial charge in [-0.05, 0) is 43.4 Å². The lowest BCUT2D eigenvalue weighted by atomic mass is 9.76. The van der Waals surface area contributed by atoms with Crippen LogP contribution in [0, 0.1) is 17.8 Å². The Hall–Kier alpha value is -0.200. The molecular formula is C16H31NO4. The van der Waals surface area contributed by atoms with Gasteiger partial charge in [-0.15, -0.1) is 0 Å². The van der Waals surface area contributed by atoms with E-state index in [9.17, 15) is 20.4 Å². The van der Waals surface area contributed by atoms with Crippen molar-refractivity contribution in [3.8, 4) is 0 Å². The fraction of sp³-hybridized carbons (Fsp3) is 1.00. The number of hydrogen-bond acceptors (Lipinski definition) is 5. The minimum Gasteiger partial charge on any atom is -0.395 e. The Morgan fingerprint density at radius 2 is 1.62 bits per heavy atom. The van der Waals surface area contributed by atoms with Crippen LogP contribution in [0.5, 0.6) is 0 Å². The third kappa shape index (κ3) is 3.96. The molecule has 2 aliphatic rings. The van der Waals surface area contributed by atoms with Gasteiger partial charge < -0.3 is 20.4 Å². The number of rotatable bonds is 4. The Kier molecular flexibility index (Phi) is 6.03. The van der Waals surface area contributed by atoms with E-state index < -0.39 is 24.4 Å². The maximum atomic E-state index is 10.0. The minimum atomic E-state index is -1.16. The number of likely N-dealkylation sites (tertiary alicyclic amines) is 1. The van der Waals surface area contributed by atoms with E-state index in [1.165, 1.54) is 25.7 Å². The van der Waals surface area contributed by atoms with E-state index >= 15 is 0 Å². The lowest BCUT2D eigenvalue weighted by Gasteiger charge is -2.45. The van der Waals surface area contributed by atoms with Crippen molar-refractivity contribution in [3.05, 3.63) is 0 Å². The van der Waals surface area contributed by atoms with E-state index in [0.29, 0.717) is 12.5 Å². The molecule has 5 heteroatoms. The van der Waals surface area contributed by atoms with Crippen molar-refractivity contribution in [2.24, 2.45) is 17.8 Å². The molecule has 1 aliphatic carbocycles. The van der Waals surface area contributed by atoms with E-state index in [4.69, 9.17) is 0 Å². The second kappa shape index (κ2) is 7.38. The van der Waals surface area contributed by atoms with Crippen LogP contribution in [-0.4, -0.2) is 69.4 Å². The van der Waals surface area contributed by atoms with Crippen LogP contribution >= 0.6 is 0 Å². The summed E-state index contributed by atoms with van der Waals surface area (Å²) >= 11 is 0. The number of aliphatic hydroxyl groups is 4. The number of hydrogen-bond donors (Lipinski definition) is 4. The molecule has 5 nitrogen and oxygen atoms in total. The molecular weight excluding hydrogens is 270 g/mol. The Morgan fingerprint density at radius 3 is 2.14 bits per heavy atom. The van der Waals surface area contributed by atoms with Crippen LogP contribution in [0.25, 0.3) is 0 Å². The van der Waals surface area contributed by atoms with Gasteiger partial charge in [-0.2, -0.15) is 0 Å². The molecule has 4 atom stereocenters. The van der Waals surface area contributed by atoms with Crippen LogP contribution in [0.15, 0.2) is 0 Å². The maximum absolute atomic E-state index is 10.0. The summed E-state index contributed by atoms with van der Waals surface area (Å²) in [5.41, 5.74) is 0. The summed E-state index contributed by atoms with van der Waals surface area (Å²) in [5, 5.41) is 39.1. The SMILES string of the molecule is CC(C)C1CCC(CN2C[C@H](O)[C@@H](O)[C@H](O)[C@H]2CO)CC1. The smallest absolute Gasteiger partial charge is 0.109 e. The fourth-order valence-electron chi connectivity index (χ4n) is 3.96. The molecule has 1 heterocycles. The van der Waals surface area contributed by atoms with Crippen molar-refractivity contribution in [2.75, 3.05) is 19.7 Å². The molecule has 1 saturated heterocycles. The van der Waals surface area contributed by atoms with Crippen molar-refractivity contribution >= 4 is 0 Å². The van der Waals surface area contributed by atoms with Gasteiger partial charge in [0.25, 0.3) is 0 Å². The Bertz CT molecular complexity index is 317. The predicted molar refractivity (Wildman–Crippen MR) is 80.8 cm³/mol. The standard InChI is InChI=1S/C16H31NO4/c1-10(2)12-5-3-11(4-6-12)7-17-8-14(19)16(21)15(20)13(17)9-18/h10-16,18-21H,3-9H2,1-2H3/t11?,12?,13-,14+,15-,16-/m1/s1. The Balaban J connectivity index is 1.89. The average Bonchev–Trinajstić information content (AvgIpc) is 2.46. The molecule has 124 valence electrons. The first kappa shape index (κ1) is 17.2. The van der Waals surface area contributed by atoms with E-state index in [1.807, 2.05) is 4.90 Å². The first-order valence-electron chi connectivity index (χ1n) is 8.33. The number of nitrogens with zero attached hydrogens (tertiary/aromatic N) is 1. The van der Waals surface area contributed by atoms with Crippen LogP contribution in [0.3, 0.4) is 0 Å². The third-order valence-corrected chi connectivity index (χ3v) is 5.54. The Morgan fingerprint density at radius 1 is 1.00 bits per heavy atom. The van der Waals surface area contributed by atoms with Gasteiger partial charge in [0.1, 0.15) is 12.2 Å². The van der Waals surface area contributed by atoms with Gasteiger partial charge in [0.2, 0.25) is 0 Å².